The van der Waals surface area contributed by atoms with Crippen LogP contribution in [0, 0.1) is 0 Å². The molecule has 6 heteroatoms. The van der Waals surface area contributed by atoms with Crippen LogP contribution in [0.3, 0.4) is 0 Å². The molecule has 0 aromatic heterocycles. The lowest BCUT2D eigenvalue weighted by atomic mass is 10.1. The SMILES string of the molecule is COc1cccc(NC(=O)NC(C)c2cc(OC)ccc2OC)c1. The van der Waals surface area contributed by atoms with Gasteiger partial charge in [0.1, 0.15) is 17.2 Å². The Kier molecular flexibility index (Phi) is 5.89. The van der Waals surface area contributed by atoms with Gasteiger partial charge in [0.2, 0.25) is 0 Å². The molecule has 0 aliphatic carbocycles. The number of hydrogen-bond acceptors (Lipinski definition) is 4. The fraction of sp³-hybridized carbons (Fsp3) is 0.278. The third kappa shape index (κ3) is 4.32. The molecule has 2 aromatic carbocycles. The van der Waals surface area contributed by atoms with Gasteiger partial charge >= 0.3 is 6.03 Å². The molecule has 0 bridgehead atoms. The molecule has 2 rings (SSSR count). The molecule has 1 atom stereocenters. The molecule has 128 valence electrons. The average Bonchev–Trinajstić information content (AvgIpc) is 2.61. The molecular formula is C18H22N2O4. The molecule has 0 radical (unpaired) electrons. The van der Waals surface area contributed by atoms with Gasteiger partial charge in [-0.05, 0) is 37.3 Å². The lowest BCUT2D eigenvalue weighted by Gasteiger charge is -2.18. The molecule has 0 saturated carbocycles. The maximum atomic E-state index is 12.2. The minimum atomic E-state index is -0.319. The van der Waals surface area contributed by atoms with E-state index in [4.69, 9.17) is 14.2 Å². The fourth-order valence-corrected chi connectivity index (χ4v) is 2.32. The van der Waals surface area contributed by atoms with E-state index in [0.29, 0.717) is 22.9 Å². The number of anilines is 1. The Labute approximate surface area is 141 Å². The predicted molar refractivity (Wildman–Crippen MR) is 93.1 cm³/mol. The molecular weight excluding hydrogens is 308 g/mol. The Morgan fingerprint density at radius 1 is 0.958 bits per heavy atom. The molecule has 24 heavy (non-hydrogen) atoms. The third-order valence-corrected chi connectivity index (χ3v) is 3.58. The zero-order valence-electron chi connectivity index (χ0n) is 14.3. The molecule has 2 amide bonds. The number of carbonyl (C=O) groups excluding carboxylic acids is 1. The molecule has 2 N–H and O–H groups in total. The lowest BCUT2D eigenvalue weighted by molar-refractivity contribution is 0.249. The van der Waals surface area contributed by atoms with E-state index in [1.165, 1.54) is 0 Å². The quantitative estimate of drug-likeness (QED) is 0.849. The summed E-state index contributed by atoms with van der Waals surface area (Å²) >= 11 is 0. The van der Waals surface area contributed by atoms with Crippen molar-refractivity contribution in [1.82, 2.24) is 5.32 Å². The van der Waals surface area contributed by atoms with Gasteiger partial charge in [-0.1, -0.05) is 6.07 Å². The van der Waals surface area contributed by atoms with E-state index >= 15 is 0 Å². The van der Waals surface area contributed by atoms with Crippen molar-refractivity contribution >= 4 is 11.7 Å². The number of carbonyl (C=O) groups is 1. The highest BCUT2D eigenvalue weighted by molar-refractivity contribution is 5.89. The van der Waals surface area contributed by atoms with Gasteiger partial charge in [-0.2, -0.15) is 0 Å². The molecule has 0 heterocycles. The lowest BCUT2D eigenvalue weighted by Crippen LogP contribution is -2.31. The van der Waals surface area contributed by atoms with Crippen LogP contribution in [0.4, 0.5) is 10.5 Å². The number of rotatable bonds is 6. The highest BCUT2D eigenvalue weighted by Gasteiger charge is 2.15. The summed E-state index contributed by atoms with van der Waals surface area (Å²) in [6.45, 7) is 1.88. The second-order valence-electron chi connectivity index (χ2n) is 5.16. The maximum absolute atomic E-state index is 12.2. The van der Waals surface area contributed by atoms with Crippen molar-refractivity contribution < 1.29 is 19.0 Å². The van der Waals surface area contributed by atoms with Crippen LogP contribution in [0.2, 0.25) is 0 Å². The zero-order chi connectivity index (χ0) is 17.5. The van der Waals surface area contributed by atoms with E-state index in [1.54, 1.807) is 33.5 Å². The van der Waals surface area contributed by atoms with Gasteiger partial charge in [-0.15, -0.1) is 0 Å². The van der Waals surface area contributed by atoms with Gasteiger partial charge < -0.3 is 24.8 Å². The van der Waals surface area contributed by atoms with Crippen molar-refractivity contribution in [3.8, 4) is 17.2 Å². The highest BCUT2D eigenvalue weighted by atomic mass is 16.5. The van der Waals surface area contributed by atoms with Crippen LogP contribution in [0.1, 0.15) is 18.5 Å². The number of urea groups is 1. The Morgan fingerprint density at radius 2 is 1.67 bits per heavy atom. The van der Waals surface area contributed by atoms with E-state index in [0.717, 1.165) is 5.56 Å². The van der Waals surface area contributed by atoms with Crippen LogP contribution in [0.25, 0.3) is 0 Å². The number of ether oxygens (including phenoxy) is 3. The summed E-state index contributed by atoms with van der Waals surface area (Å²) in [7, 11) is 4.77. The smallest absolute Gasteiger partial charge is 0.319 e. The number of hydrogen-bond donors (Lipinski definition) is 2. The van der Waals surface area contributed by atoms with Crippen LogP contribution >= 0.6 is 0 Å². The first-order valence-electron chi connectivity index (χ1n) is 7.51. The van der Waals surface area contributed by atoms with Gasteiger partial charge in [0.05, 0.1) is 27.4 Å². The highest BCUT2D eigenvalue weighted by Crippen LogP contribution is 2.29. The summed E-state index contributed by atoms with van der Waals surface area (Å²) in [5.74, 6) is 2.06. The van der Waals surface area contributed by atoms with Crippen molar-refractivity contribution in [1.29, 1.82) is 0 Å². The van der Waals surface area contributed by atoms with Gasteiger partial charge in [0.25, 0.3) is 0 Å². The molecule has 0 saturated heterocycles. The van der Waals surface area contributed by atoms with Crippen LogP contribution in [-0.2, 0) is 0 Å². The summed E-state index contributed by atoms with van der Waals surface area (Å²) in [6, 6.07) is 12.0. The van der Waals surface area contributed by atoms with Crippen molar-refractivity contribution in [2.45, 2.75) is 13.0 Å². The van der Waals surface area contributed by atoms with E-state index in [9.17, 15) is 4.79 Å². The summed E-state index contributed by atoms with van der Waals surface area (Å²) in [6.07, 6.45) is 0. The first kappa shape index (κ1) is 17.5. The predicted octanol–water partition coefficient (Wildman–Crippen LogP) is 3.60. The standard InChI is InChI=1S/C18H22N2O4/c1-12(16-11-15(23-3)8-9-17(16)24-4)19-18(21)20-13-6-5-7-14(10-13)22-2/h5-12H,1-4H3,(H2,19,20,21). The molecule has 0 aliphatic rings. The molecule has 0 spiro atoms. The second-order valence-corrected chi connectivity index (χ2v) is 5.16. The van der Waals surface area contributed by atoms with Gasteiger partial charge in [-0.25, -0.2) is 4.79 Å². The first-order chi connectivity index (χ1) is 11.6. The summed E-state index contributed by atoms with van der Waals surface area (Å²) in [5, 5.41) is 5.66. The first-order valence-corrected chi connectivity index (χ1v) is 7.51. The zero-order valence-corrected chi connectivity index (χ0v) is 14.3. The molecule has 0 aliphatic heterocycles. The van der Waals surface area contributed by atoms with Crippen molar-refractivity contribution in [3.63, 3.8) is 0 Å². The molecule has 0 fully saturated rings. The Hall–Kier alpha value is -2.89. The van der Waals surface area contributed by atoms with Gasteiger partial charge in [-0.3, -0.25) is 0 Å². The number of benzene rings is 2. The van der Waals surface area contributed by atoms with E-state index in [-0.39, 0.29) is 12.1 Å². The summed E-state index contributed by atoms with van der Waals surface area (Å²) < 4.78 is 15.7. The Bertz CT molecular complexity index is 703. The maximum Gasteiger partial charge on any atom is 0.319 e. The normalized spacial score (nSPS) is 11.3. The average molecular weight is 330 g/mol. The van der Waals surface area contributed by atoms with Gasteiger partial charge in [0.15, 0.2) is 0 Å². The minimum Gasteiger partial charge on any atom is -0.497 e. The monoisotopic (exact) mass is 330 g/mol. The fourth-order valence-electron chi connectivity index (χ4n) is 2.32. The Balaban J connectivity index is 2.08. The van der Waals surface area contributed by atoms with E-state index in [1.807, 2.05) is 37.3 Å². The van der Waals surface area contributed by atoms with Crippen LogP contribution < -0.4 is 24.8 Å². The molecule has 6 nitrogen and oxygen atoms in total. The third-order valence-electron chi connectivity index (χ3n) is 3.58. The van der Waals surface area contributed by atoms with E-state index < -0.39 is 0 Å². The Morgan fingerprint density at radius 3 is 2.33 bits per heavy atom. The van der Waals surface area contributed by atoms with Gasteiger partial charge in [0, 0.05) is 17.3 Å². The number of methoxy groups -OCH3 is 3. The second kappa shape index (κ2) is 8.10. The number of amides is 2. The van der Waals surface area contributed by atoms with Crippen molar-refractivity contribution in [3.05, 3.63) is 48.0 Å². The van der Waals surface area contributed by atoms with Crippen molar-refractivity contribution in [2.75, 3.05) is 26.6 Å². The number of nitrogens with one attached hydrogen (secondary N) is 2. The van der Waals surface area contributed by atoms with Crippen LogP contribution in [0.15, 0.2) is 42.5 Å². The molecule has 2 aromatic rings. The van der Waals surface area contributed by atoms with Crippen molar-refractivity contribution in [2.24, 2.45) is 0 Å². The summed E-state index contributed by atoms with van der Waals surface area (Å²) in [4.78, 5) is 12.2. The van der Waals surface area contributed by atoms with Crippen LogP contribution in [0.5, 0.6) is 17.2 Å². The topological polar surface area (TPSA) is 68.8 Å². The van der Waals surface area contributed by atoms with E-state index in [2.05, 4.69) is 10.6 Å². The summed E-state index contributed by atoms with van der Waals surface area (Å²) in [5.41, 5.74) is 1.48. The largest absolute Gasteiger partial charge is 0.497 e. The van der Waals surface area contributed by atoms with Crippen LogP contribution in [-0.4, -0.2) is 27.4 Å². The molecule has 1 unspecified atom stereocenters. The minimum absolute atomic E-state index is 0.263.